The minimum atomic E-state index is -5.77. The van der Waals surface area contributed by atoms with Crippen molar-refractivity contribution in [3.05, 3.63) is 83.7 Å². The smallest absolute Gasteiger partial charge is 0.368 e. The van der Waals surface area contributed by atoms with Gasteiger partial charge in [0.1, 0.15) is 5.82 Å². The van der Waals surface area contributed by atoms with Crippen molar-refractivity contribution in [1.82, 2.24) is 4.90 Å². The fourth-order valence-electron chi connectivity index (χ4n) is 4.89. The summed E-state index contributed by atoms with van der Waals surface area (Å²) in [5.74, 6) is -0.983. The van der Waals surface area contributed by atoms with Gasteiger partial charge in [0.2, 0.25) is 0 Å². The molecule has 1 aliphatic heterocycles. The Balaban J connectivity index is 1.56. The lowest BCUT2D eigenvalue weighted by molar-refractivity contribution is -0.383. The van der Waals surface area contributed by atoms with Gasteiger partial charge in [0.25, 0.3) is 11.5 Å². The van der Waals surface area contributed by atoms with Gasteiger partial charge < -0.3 is 14.5 Å². The number of carbonyl (C=O) groups is 1. The van der Waals surface area contributed by atoms with E-state index in [-0.39, 0.29) is 36.6 Å². The normalized spacial score (nSPS) is 15.2. The van der Waals surface area contributed by atoms with Crippen LogP contribution in [-0.2, 0) is 20.2 Å². The van der Waals surface area contributed by atoms with E-state index in [9.17, 15) is 43.9 Å². The van der Waals surface area contributed by atoms with E-state index in [0.717, 1.165) is 18.4 Å². The molecule has 3 aromatic carbocycles. The van der Waals surface area contributed by atoms with Gasteiger partial charge in [0.15, 0.2) is 9.84 Å². The third kappa shape index (κ3) is 5.82. The summed E-state index contributed by atoms with van der Waals surface area (Å²) in [5, 5.41) is 0. The molecule has 0 N–H and O–H groups in total. The van der Waals surface area contributed by atoms with Crippen LogP contribution in [0.4, 0.5) is 36.4 Å². The van der Waals surface area contributed by atoms with Crippen LogP contribution in [0, 0.1) is 5.82 Å². The average molecular weight is 619 g/mol. The number of hydrogen-bond acceptors (Lipinski definition) is 5. The molecule has 1 amide bonds. The molecule has 0 radical (unpaired) electrons. The number of anilines is 1. The molecule has 4 rings (SSSR count). The van der Waals surface area contributed by atoms with E-state index < -0.39 is 45.1 Å². The lowest BCUT2D eigenvalue weighted by Gasteiger charge is -2.38. The van der Waals surface area contributed by atoms with Crippen LogP contribution in [0.1, 0.15) is 15.9 Å². The maximum atomic E-state index is 13.6. The number of rotatable bonds is 6. The molecule has 0 spiro atoms. The van der Waals surface area contributed by atoms with Gasteiger partial charge in [0.05, 0.1) is 4.90 Å². The molecule has 1 fully saturated rings. The zero-order valence-corrected chi connectivity index (χ0v) is 23.1. The van der Waals surface area contributed by atoms with Crippen LogP contribution in [-0.4, -0.2) is 71.1 Å². The van der Waals surface area contributed by atoms with E-state index >= 15 is 0 Å². The van der Waals surface area contributed by atoms with Crippen LogP contribution in [0.2, 0.25) is 0 Å². The molecule has 0 saturated carbocycles. The van der Waals surface area contributed by atoms with Gasteiger partial charge in [-0.15, -0.1) is 0 Å². The van der Waals surface area contributed by atoms with Gasteiger partial charge in [-0.3, -0.25) is 4.79 Å². The first-order valence-electron chi connectivity index (χ1n) is 12.4. The summed E-state index contributed by atoms with van der Waals surface area (Å²) >= 11 is 0. The molecule has 0 bridgehead atoms. The summed E-state index contributed by atoms with van der Waals surface area (Å²) < 4.78 is 123. The van der Waals surface area contributed by atoms with E-state index in [2.05, 4.69) is 4.74 Å². The zero-order valence-electron chi connectivity index (χ0n) is 22.3. The quantitative estimate of drug-likeness (QED) is 0.326. The molecular weight excluding hydrogens is 593 g/mol. The van der Waals surface area contributed by atoms with Gasteiger partial charge in [0, 0.05) is 56.4 Å². The summed E-state index contributed by atoms with van der Waals surface area (Å²) in [6.07, 6.45) is -10.5. The van der Waals surface area contributed by atoms with Gasteiger partial charge >= 0.3 is 12.4 Å². The van der Waals surface area contributed by atoms with Crippen molar-refractivity contribution in [2.24, 2.45) is 0 Å². The number of halogens is 7. The van der Waals surface area contributed by atoms with Crippen LogP contribution < -0.4 is 4.90 Å². The Bertz CT molecular complexity index is 1530. The van der Waals surface area contributed by atoms with Crippen LogP contribution in [0.15, 0.2) is 71.6 Å². The molecule has 14 heteroatoms. The largest absolute Gasteiger partial charge is 0.430 e. The summed E-state index contributed by atoms with van der Waals surface area (Å²) in [5.41, 5.74) is -4.32. The highest BCUT2D eigenvalue weighted by Gasteiger charge is 2.73. The van der Waals surface area contributed by atoms with Gasteiger partial charge in [-0.1, -0.05) is 30.3 Å². The standard InChI is InChI=1S/C28H25F7N2O4S/c1-41-26(27(30,31)32,28(33,34)35)19-5-9-21(10-6-19)36-13-15-37(16-14-36)25(38)24-17-22(42(2,39)40)11-12-23(24)18-3-7-20(29)8-4-18/h3-12,17H,13-16H2,1-2H3. The lowest BCUT2D eigenvalue weighted by Crippen LogP contribution is -2.55. The average Bonchev–Trinajstić information content (AvgIpc) is 2.92. The summed E-state index contributed by atoms with van der Waals surface area (Å²) in [7, 11) is -3.32. The van der Waals surface area contributed by atoms with Crippen LogP contribution >= 0.6 is 0 Å². The number of benzene rings is 3. The van der Waals surface area contributed by atoms with Gasteiger partial charge in [-0.05, 0) is 47.5 Å². The Labute approximate surface area is 237 Å². The summed E-state index contributed by atoms with van der Waals surface area (Å²) in [4.78, 5) is 16.6. The number of nitrogens with zero attached hydrogens (tertiary/aromatic N) is 2. The van der Waals surface area contributed by atoms with E-state index in [0.29, 0.717) is 36.1 Å². The number of alkyl halides is 6. The highest BCUT2D eigenvalue weighted by atomic mass is 32.2. The monoisotopic (exact) mass is 618 g/mol. The van der Waals surface area contributed by atoms with E-state index in [1.807, 2.05) is 0 Å². The van der Waals surface area contributed by atoms with E-state index in [4.69, 9.17) is 0 Å². The predicted octanol–water partition coefficient (Wildman–Crippen LogP) is 5.82. The Morgan fingerprint density at radius 2 is 1.36 bits per heavy atom. The van der Waals surface area contributed by atoms with Gasteiger partial charge in [-0.25, -0.2) is 12.8 Å². The van der Waals surface area contributed by atoms with Crippen molar-refractivity contribution in [2.75, 3.05) is 44.4 Å². The second-order valence-electron chi connectivity index (χ2n) is 9.69. The molecule has 0 aliphatic carbocycles. The Kier molecular flexibility index (Phi) is 8.35. The van der Waals surface area contributed by atoms with E-state index in [1.165, 1.54) is 47.4 Å². The minimum Gasteiger partial charge on any atom is -0.368 e. The van der Waals surface area contributed by atoms with Crippen LogP contribution in [0.25, 0.3) is 11.1 Å². The highest BCUT2D eigenvalue weighted by molar-refractivity contribution is 7.90. The molecule has 0 aromatic heterocycles. The third-order valence-corrected chi connectivity index (χ3v) is 8.23. The fourth-order valence-corrected chi connectivity index (χ4v) is 5.54. The van der Waals surface area contributed by atoms with Crippen molar-refractivity contribution in [3.8, 4) is 11.1 Å². The molecule has 1 saturated heterocycles. The molecule has 0 unspecified atom stereocenters. The number of ether oxygens (including phenoxy) is 1. The first-order chi connectivity index (χ1) is 19.5. The SMILES string of the molecule is COC(c1ccc(N2CCN(C(=O)c3cc(S(C)(=O)=O)ccc3-c3ccc(F)cc3)CC2)cc1)(C(F)(F)F)C(F)(F)F. The number of carbonyl (C=O) groups excluding carboxylic acids is 1. The van der Waals surface area contributed by atoms with Crippen molar-refractivity contribution < 1.29 is 48.7 Å². The lowest BCUT2D eigenvalue weighted by atomic mass is 9.91. The maximum absolute atomic E-state index is 13.6. The topological polar surface area (TPSA) is 66.9 Å². The molecule has 0 atom stereocenters. The number of hydrogen-bond donors (Lipinski definition) is 0. The molecular formula is C28H25F7N2O4S. The fraction of sp³-hybridized carbons (Fsp3) is 0.321. The molecule has 6 nitrogen and oxygen atoms in total. The number of piperazine rings is 1. The Hall–Kier alpha value is -3.65. The predicted molar refractivity (Wildman–Crippen MR) is 140 cm³/mol. The number of methoxy groups -OCH3 is 1. The minimum absolute atomic E-state index is 0.0811. The number of sulfone groups is 1. The van der Waals surface area contributed by atoms with Crippen LogP contribution in [0.3, 0.4) is 0 Å². The Morgan fingerprint density at radius 3 is 1.83 bits per heavy atom. The summed E-state index contributed by atoms with van der Waals surface area (Å²) in [6.45, 7) is 0.632. The van der Waals surface area contributed by atoms with E-state index in [1.54, 1.807) is 4.90 Å². The van der Waals surface area contributed by atoms with Gasteiger partial charge in [-0.2, -0.15) is 26.3 Å². The Morgan fingerprint density at radius 1 is 0.810 bits per heavy atom. The van der Waals surface area contributed by atoms with Crippen molar-refractivity contribution >= 4 is 21.4 Å². The highest BCUT2D eigenvalue weighted by Crippen LogP contribution is 2.52. The second kappa shape index (κ2) is 11.2. The first-order valence-corrected chi connectivity index (χ1v) is 14.3. The second-order valence-corrected chi connectivity index (χ2v) is 11.7. The number of amides is 1. The first kappa shape index (κ1) is 31.3. The molecule has 226 valence electrons. The van der Waals surface area contributed by atoms with Crippen molar-refractivity contribution in [1.29, 1.82) is 0 Å². The molecule has 1 aliphatic rings. The summed E-state index contributed by atoms with van der Waals surface area (Å²) in [6, 6.07) is 13.1. The van der Waals surface area contributed by atoms with Crippen LogP contribution in [0.5, 0.6) is 0 Å². The molecule has 42 heavy (non-hydrogen) atoms. The zero-order chi connectivity index (χ0) is 31.1. The molecule has 1 heterocycles. The third-order valence-electron chi connectivity index (χ3n) is 7.12. The van der Waals surface area contributed by atoms with Crippen molar-refractivity contribution in [3.63, 3.8) is 0 Å². The van der Waals surface area contributed by atoms with Crippen molar-refractivity contribution in [2.45, 2.75) is 22.8 Å². The maximum Gasteiger partial charge on any atom is 0.430 e. The molecule has 3 aromatic rings.